The molecule has 1 aromatic rings. The van der Waals surface area contributed by atoms with Crippen LogP contribution in [-0.2, 0) is 19.4 Å². The van der Waals surface area contributed by atoms with Crippen molar-refractivity contribution in [1.29, 1.82) is 0 Å². The van der Waals surface area contributed by atoms with E-state index in [2.05, 4.69) is 10.9 Å². The molecule has 1 aromatic carbocycles. The number of carbonyl (C=O) groups excluding carboxylic acids is 2. The molecule has 0 heterocycles. The predicted molar refractivity (Wildman–Crippen MR) is 86.0 cm³/mol. The van der Waals surface area contributed by atoms with Crippen LogP contribution in [0.15, 0.2) is 35.2 Å². The van der Waals surface area contributed by atoms with Gasteiger partial charge in [-0.05, 0) is 25.0 Å². The summed E-state index contributed by atoms with van der Waals surface area (Å²) in [5, 5.41) is 0. The third kappa shape index (κ3) is 5.35. The summed E-state index contributed by atoms with van der Waals surface area (Å²) in [4.78, 5) is 23.8. The molecule has 0 aliphatic heterocycles. The number of hydrogen-bond acceptors (Lipinski definition) is 4. The SMILES string of the molecule is O=C(CCS(=O)(=O)c1ccccc1)NNC(=O)C1CCCCC1. The number of rotatable bonds is 5. The molecule has 1 aliphatic carbocycles. The molecule has 1 saturated carbocycles. The van der Waals surface area contributed by atoms with Crippen molar-refractivity contribution in [2.24, 2.45) is 5.92 Å². The van der Waals surface area contributed by atoms with E-state index in [1.807, 2.05) is 0 Å². The monoisotopic (exact) mass is 338 g/mol. The van der Waals surface area contributed by atoms with Crippen molar-refractivity contribution in [3.8, 4) is 0 Å². The lowest BCUT2D eigenvalue weighted by atomic mass is 9.89. The van der Waals surface area contributed by atoms with Crippen molar-refractivity contribution in [2.75, 3.05) is 5.75 Å². The maximum absolute atomic E-state index is 12.1. The second-order valence-corrected chi connectivity index (χ2v) is 7.86. The Kier molecular flexibility index (Phi) is 6.15. The van der Waals surface area contributed by atoms with E-state index < -0.39 is 15.7 Å². The van der Waals surface area contributed by atoms with Crippen molar-refractivity contribution in [3.63, 3.8) is 0 Å². The average Bonchev–Trinajstić information content (AvgIpc) is 2.59. The zero-order valence-electron chi connectivity index (χ0n) is 13.0. The second-order valence-electron chi connectivity index (χ2n) is 5.75. The molecule has 0 saturated heterocycles. The van der Waals surface area contributed by atoms with Crippen LogP contribution in [0.3, 0.4) is 0 Å². The van der Waals surface area contributed by atoms with Gasteiger partial charge in [0.1, 0.15) is 0 Å². The number of nitrogens with one attached hydrogen (secondary N) is 2. The molecule has 2 N–H and O–H groups in total. The summed E-state index contributed by atoms with van der Waals surface area (Å²) >= 11 is 0. The van der Waals surface area contributed by atoms with Gasteiger partial charge in [-0.1, -0.05) is 37.5 Å². The van der Waals surface area contributed by atoms with Crippen LogP contribution in [0, 0.1) is 5.92 Å². The molecule has 0 spiro atoms. The molecule has 1 fully saturated rings. The largest absolute Gasteiger partial charge is 0.273 e. The second kappa shape index (κ2) is 8.10. The lowest BCUT2D eigenvalue weighted by Gasteiger charge is -2.20. The van der Waals surface area contributed by atoms with Gasteiger partial charge in [0.2, 0.25) is 11.8 Å². The number of amides is 2. The number of hydrazine groups is 1. The summed E-state index contributed by atoms with van der Waals surface area (Å²) in [5.74, 6) is -1.04. The zero-order chi connectivity index (χ0) is 16.7. The first-order valence-corrected chi connectivity index (χ1v) is 9.51. The maximum Gasteiger partial charge on any atom is 0.241 e. The molecule has 0 bridgehead atoms. The van der Waals surface area contributed by atoms with Gasteiger partial charge in [0.15, 0.2) is 9.84 Å². The third-order valence-corrected chi connectivity index (χ3v) is 5.73. The molecule has 6 nitrogen and oxygen atoms in total. The van der Waals surface area contributed by atoms with E-state index in [-0.39, 0.29) is 28.9 Å². The van der Waals surface area contributed by atoms with Gasteiger partial charge in [-0.15, -0.1) is 0 Å². The molecule has 126 valence electrons. The summed E-state index contributed by atoms with van der Waals surface area (Å²) in [5.41, 5.74) is 4.70. The number of benzene rings is 1. The van der Waals surface area contributed by atoms with Gasteiger partial charge < -0.3 is 0 Å². The van der Waals surface area contributed by atoms with Crippen LogP contribution in [-0.4, -0.2) is 26.0 Å². The standard InChI is InChI=1S/C16H22N2O4S/c19-15(17-18-16(20)13-7-3-1-4-8-13)11-12-23(21,22)14-9-5-2-6-10-14/h2,5-6,9-10,13H,1,3-4,7-8,11-12H2,(H,17,19)(H,18,20). The Hall–Kier alpha value is -1.89. The van der Waals surface area contributed by atoms with Gasteiger partial charge in [0, 0.05) is 12.3 Å². The molecule has 2 amide bonds. The number of hydrogen-bond donors (Lipinski definition) is 2. The molecule has 0 unspecified atom stereocenters. The van der Waals surface area contributed by atoms with Crippen LogP contribution in [0.2, 0.25) is 0 Å². The lowest BCUT2D eigenvalue weighted by Crippen LogP contribution is -2.45. The van der Waals surface area contributed by atoms with E-state index in [0.717, 1.165) is 32.1 Å². The summed E-state index contributed by atoms with van der Waals surface area (Å²) < 4.78 is 24.1. The Bertz CT molecular complexity index is 637. The highest BCUT2D eigenvalue weighted by molar-refractivity contribution is 7.91. The van der Waals surface area contributed by atoms with E-state index in [1.54, 1.807) is 18.2 Å². The van der Waals surface area contributed by atoms with Crippen LogP contribution in [0.25, 0.3) is 0 Å². The van der Waals surface area contributed by atoms with Crippen LogP contribution in [0.5, 0.6) is 0 Å². The fourth-order valence-corrected chi connectivity index (χ4v) is 3.90. The molecular weight excluding hydrogens is 316 g/mol. The van der Waals surface area contributed by atoms with Crippen LogP contribution >= 0.6 is 0 Å². The van der Waals surface area contributed by atoms with E-state index in [1.165, 1.54) is 12.1 Å². The Labute approximate surface area is 136 Å². The zero-order valence-corrected chi connectivity index (χ0v) is 13.8. The van der Waals surface area contributed by atoms with E-state index in [4.69, 9.17) is 0 Å². The fourth-order valence-electron chi connectivity index (χ4n) is 2.63. The first-order chi connectivity index (χ1) is 11.0. The maximum atomic E-state index is 12.1. The fraction of sp³-hybridized carbons (Fsp3) is 0.500. The molecule has 0 aromatic heterocycles. The molecule has 7 heteroatoms. The highest BCUT2D eigenvalue weighted by atomic mass is 32.2. The number of sulfone groups is 1. The topological polar surface area (TPSA) is 92.3 Å². The Morgan fingerprint density at radius 1 is 1.00 bits per heavy atom. The Morgan fingerprint density at radius 3 is 2.30 bits per heavy atom. The van der Waals surface area contributed by atoms with Gasteiger partial charge in [0.05, 0.1) is 10.6 Å². The first-order valence-electron chi connectivity index (χ1n) is 7.85. The summed E-state index contributed by atoms with van der Waals surface area (Å²) in [7, 11) is -3.49. The van der Waals surface area contributed by atoms with Crippen molar-refractivity contribution in [2.45, 2.75) is 43.4 Å². The molecular formula is C16H22N2O4S. The normalized spacial score (nSPS) is 15.8. The molecule has 23 heavy (non-hydrogen) atoms. The average molecular weight is 338 g/mol. The van der Waals surface area contributed by atoms with Gasteiger partial charge in [-0.25, -0.2) is 8.42 Å². The Morgan fingerprint density at radius 2 is 1.65 bits per heavy atom. The van der Waals surface area contributed by atoms with Gasteiger partial charge >= 0.3 is 0 Å². The Balaban J connectivity index is 1.75. The van der Waals surface area contributed by atoms with Crippen LogP contribution in [0.1, 0.15) is 38.5 Å². The van der Waals surface area contributed by atoms with Crippen molar-refractivity contribution >= 4 is 21.7 Å². The lowest BCUT2D eigenvalue weighted by molar-refractivity contribution is -0.131. The predicted octanol–water partition coefficient (Wildman–Crippen LogP) is 1.58. The molecule has 1 aliphatic rings. The van der Waals surface area contributed by atoms with Crippen molar-refractivity contribution < 1.29 is 18.0 Å². The minimum absolute atomic E-state index is 0.0582. The summed E-state index contributed by atoms with van der Waals surface area (Å²) in [6.07, 6.45) is 4.69. The van der Waals surface area contributed by atoms with Gasteiger partial charge in [0.25, 0.3) is 0 Å². The minimum Gasteiger partial charge on any atom is -0.273 e. The van der Waals surface area contributed by atoms with E-state index in [9.17, 15) is 18.0 Å². The van der Waals surface area contributed by atoms with Crippen LogP contribution < -0.4 is 10.9 Å². The molecule has 2 rings (SSSR count). The highest BCUT2D eigenvalue weighted by Gasteiger charge is 2.21. The quantitative estimate of drug-likeness (QED) is 0.797. The molecule has 0 radical (unpaired) electrons. The molecule has 0 atom stereocenters. The van der Waals surface area contributed by atoms with Gasteiger partial charge in [-0.3, -0.25) is 20.4 Å². The van der Waals surface area contributed by atoms with Crippen molar-refractivity contribution in [1.82, 2.24) is 10.9 Å². The third-order valence-electron chi connectivity index (χ3n) is 4.00. The van der Waals surface area contributed by atoms with E-state index in [0.29, 0.717) is 0 Å². The number of carbonyl (C=O) groups is 2. The summed E-state index contributed by atoms with van der Waals surface area (Å²) in [6, 6.07) is 8.00. The van der Waals surface area contributed by atoms with E-state index >= 15 is 0 Å². The minimum atomic E-state index is -3.49. The van der Waals surface area contributed by atoms with Gasteiger partial charge in [-0.2, -0.15) is 0 Å². The highest BCUT2D eigenvalue weighted by Crippen LogP contribution is 2.23. The van der Waals surface area contributed by atoms with Crippen LogP contribution in [0.4, 0.5) is 0 Å². The summed E-state index contributed by atoms with van der Waals surface area (Å²) in [6.45, 7) is 0. The smallest absolute Gasteiger partial charge is 0.241 e. The first kappa shape index (κ1) is 17.5. The van der Waals surface area contributed by atoms with Crippen molar-refractivity contribution in [3.05, 3.63) is 30.3 Å².